The number of hydrogen-bond donors (Lipinski definition) is 0. The Labute approximate surface area is 109 Å². The van der Waals surface area contributed by atoms with Gasteiger partial charge in [0.2, 0.25) is 0 Å². The van der Waals surface area contributed by atoms with Crippen LogP contribution in [0.2, 0.25) is 0 Å². The Bertz CT molecular complexity index is 471. The van der Waals surface area contributed by atoms with E-state index in [0.717, 1.165) is 6.07 Å². The molecule has 1 unspecified atom stereocenters. The van der Waals surface area contributed by atoms with Crippen LogP contribution in [0, 0.1) is 0 Å². The van der Waals surface area contributed by atoms with Crippen molar-refractivity contribution >= 4 is 28.0 Å². The molecule has 0 amide bonds. The Balaban J connectivity index is 3.33. The third kappa shape index (κ3) is 3.56. The molecule has 0 spiro atoms. The zero-order valence-electron chi connectivity index (χ0n) is 9.12. The number of ketones is 1. The summed E-state index contributed by atoms with van der Waals surface area (Å²) in [5.41, 5.74) is -0.161. The molecule has 18 heavy (non-hydrogen) atoms. The van der Waals surface area contributed by atoms with Crippen LogP contribution in [0.1, 0.15) is 27.7 Å². The van der Waals surface area contributed by atoms with Crippen LogP contribution in [0.15, 0.2) is 18.2 Å². The molecule has 0 aliphatic carbocycles. The smallest absolute Gasteiger partial charge is 0.405 e. The van der Waals surface area contributed by atoms with Gasteiger partial charge in [0, 0.05) is 11.1 Å². The van der Waals surface area contributed by atoms with Crippen LogP contribution in [-0.2, 0) is 4.79 Å². The molecule has 0 bridgehead atoms. The number of carbonyl (C=O) groups is 2. The number of halogens is 4. The summed E-state index contributed by atoms with van der Waals surface area (Å²) in [6.45, 7) is 1.19. The first kappa shape index (κ1) is 14.7. The molecule has 0 saturated heterocycles. The number of rotatable bonds is 4. The second-order valence-corrected chi connectivity index (χ2v) is 4.31. The van der Waals surface area contributed by atoms with E-state index in [2.05, 4.69) is 20.7 Å². The van der Waals surface area contributed by atoms with Gasteiger partial charge in [-0.25, -0.2) is 0 Å². The molecule has 1 aromatic rings. The molecule has 1 rings (SSSR count). The van der Waals surface area contributed by atoms with E-state index in [4.69, 9.17) is 0 Å². The van der Waals surface area contributed by atoms with Crippen molar-refractivity contribution in [2.75, 3.05) is 0 Å². The Morgan fingerprint density at radius 1 is 1.44 bits per heavy atom. The van der Waals surface area contributed by atoms with Gasteiger partial charge >= 0.3 is 6.36 Å². The third-order valence-electron chi connectivity index (χ3n) is 2.06. The number of carbonyl (C=O) groups excluding carboxylic acids is 2. The van der Waals surface area contributed by atoms with Gasteiger partial charge in [0.1, 0.15) is 16.4 Å². The van der Waals surface area contributed by atoms with Crippen molar-refractivity contribution in [2.45, 2.75) is 18.1 Å². The number of hydrogen-bond acceptors (Lipinski definition) is 3. The molecule has 3 nitrogen and oxygen atoms in total. The van der Waals surface area contributed by atoms with Crippen molar-refractivity contribution in [3.05, 3.63) is 29.3 Å². The highest BCUT2D eigenvalue weighted by atomic mass is 79.9. The topological polar surface area (TPSA) is 43.4 Å². The van der Waals surface area contributed by atoms with Crippen LogP contribution in [0.25, 0.3) is 0 Å². The van der Waals surface area contributed by atoms with Crippen molar-refractivity contribution in [2.24, 2.45) is 0 Å². The second-order valence-electron chi connectivity index (χ2n) is 3.40. The molecule has 0 aliphatic rings. The number of Topliss-reactive ketones (excluding diaryl/α,β-unsaturated/α-hetero) is 1. The highest BCUT2D eigenvalue weighted by molar-refractivity contribution is 9.09. The van der Waals surface area contributed by atoms with Crippen LogP contribution in [0.5, 0.6) is 5.75 Å². The summed E-state index contributed by atoms with van der Waals surface area (Å²) in [4.78, 5) is 21.0. The zero-order valence-corrected chi connectivity index (χ0v) is 10.7. The summed E-state index contributed by atoms with van der Waals surface area (Å²) >= 11 is 2.94. The molecule has 0 heterocycles. The Morgan fingerprint density at radius 2 is 2.06 bits per heavy atom. The molecule has 0 N–H and O–H groups in total. The quantitative estimate of drug-likeness (QED) is 0.629. The molecule has 7 heteroatoms. The van der Waals surface area contributed by atoms with Gasteiger partial charge in [0.25, 0.3) is 0 Å². The fourth-order valence-electron chi connectivity index (χ4n) is 1.35. The molecule has 1 atom stereocenters. The minimum Gasteiger partial charge on any atom is -0.405 e. The van der Waals surface area contributed by atoms with E-state index in [1.165, 1.54) is 19.1 Å². The Morgan fingerprint density at radius 3 is 2.50 bits per heavy atom. The maximum Gasteiger partial charge on any atom is 0.573 e. The van der Waals surface area contributed by atoms with Gasteiger partial charge in [-0.05, 0) is 13.0 Å². The van der Waals surface area contributed by atoms with Gasteiger partial charge in [-0.15, -0.1) is 13.2 Å². The molecule has 0 fully saturated rings. The average Bonchev–Trinajstić information content (AvgIpc) is 2.25. The normalized spacial score (nSPS) is 12.9. The lowest BCUT2D eigenvalue weighted by molar-refractivity contribution is -0.274. The third-order valence-corrected chi connectivity index (χ3v) is 3.17. The maximum atomic E-state index is 12.2. The van der Waals surface area contributed by atoms with Crippen molar-refractivity contribution in [3.63, 3.8) is 0 Å². The lowest BCUT2D eigenvalue weighted by Crippen LogP contribution is -2.19. The van der Waals surface area contributed by atoms with Crippen LogP contribution in [-0.4, -0.2) is 18.4 Å². The SMILES string of the molecule is CC(=O)C(Br)c1c(C=O)cccc1OC(F)(F)F. The standard InChI is InChI=1S/C11H8BrF3O3/c1-6(17)10(12)9-7(5-16)3-2-4-8(9)18-11(13,14)15/h2-5,10H,1H3. The molecule has 1 aromatic carbocycles. The molecule has 98 valence electrons. The molecule has 0 aliphatic heterocycles. The van der Waals surface area contributed by atoms with Crippen molar-refractivity contribution < 1.29 is 27.5 Å². The first-order valence-corrected chi connectivity index (χ1v) is 5.66. The lowest BCUT2D eigenvalue weighted by Gasteiger charge is -2.16. The first-order chi connectivity index (χ1) is 8.26. The predicted molar refractivity (Wildman–Crippen MR) is 60.9 cm³/mol. The number of alkyl halides is 4. The largest absolute Gasteiger partial charge is 0.573 e. The van der Waals surface area contributed by atoms with Gasteiger partial charge in [-0.3, -0.25) is 9.59 Å². The van der Waals surface area contributed by atoms with Gasteiger partial charge in [0.05, 0.1) is 0 Å². The minimum atomic E-state index is -4.89. The van der Waals surface area contributed by atoms with Crippen LogP contribution < -0.4 is 4.74 Å². The minimum absolute atomic E-state index is 0.0335. The highest BCUT2D eigenvalue weighted by Gasteiger charge is 2.34. The molecule has 0 saturated carbocycles. The Hall–Kier alpha value is -1.37. The van der Waals surface area contributed by atoms with E-state index in [9.17, 15) is 22.8 Å². The van der Waals surface area contributed by atoms with E-state index in [1.807, 2.05) is 0 Å². The van der Waals surface area contributed by atoms with E-state index in [0.29, 0.717) is 6.29 Å². The van der Waals surface area contributed by atoms with Gasteiger partial charge in [-0.2, -0.15) is 0 Å². The fourth-order valence-corrected chi connectivity index (χ4v) is 1.84. The van der Waals surface area contributed by atoms with Gasteiger partial charge in [0.15, 0.2) is 6.29 Å². The molecular weight excluding hydrogens is 317 g/mol. The van der Waals surface area contributed by atoms with E-state index < -0.39 is 22.7 Å². The molecule has 0 radical (unpaired) electrons. The summed E-state index contributed by atoms with van der Waals surface area (Å²) < 4.78 is 40.4. The van der Waals surface area contributed by atoms with Crippen LogP contribution in [0.3, 0.4) is 0 Å². The van der Waals surface area contributed by atoms with Crippen molar-refractivity contribution in [3.8, 4) is 5.75 Å². The average molecular weight is 325 g/mol. The van der Waals surface area contributed by atoms with E-state index in [1.54, 1.807) is 0 Å². The summed E-state index contributed by atoms with van der Waals surface area (Å²) in [7, 11) is 0. The van der Waals surface area contributed by atoms with E-state index >= 15 is 0 Å². The van der Waals surface area contributed by atoms with Gasteiger partial charge < -0.3 is 4.74 Å². The van der Waals surface area contributed by atoms with Gasteiger partial charge in [-0.1, -0.05) is 28.1 Å². The Kier molecular flexibility index (Phi) is 4.50. The summed E-state index contributed by atoms with van der Waals surface area (Å²) in [5, 5.41) is 0. The van der Waals surface area contributed by atoms with E-state index in [-0.39, 0.29) is 11.1 Å². The summed E-state index contributed by atoms with van der Waals surface area (Å²) in [5.74, 6) is -1.000. The maximum absolute atomic E-state index is 12.2. The lowest BCUT2D eigenvalue weighted by atomic mass is 10.0. The van der Waals surface area contributed by atoms with Crippen LogP contribution in [0.4, 0.5) is 13.2 Å². The zero-order chi connectivity index (χ0) is 13.9. The monoisotopic (exact) mass is 324 g/mol. The summed E-state index contributed by atoms with van der Waals surface area (Å²) in [6.07, 6.45) is -4.52. The van der Waals surface area contributed by atoms with Crippen molar-refractivity contribution in [1.82, 2.24) is 0 Å². The van der Waals surface area contributed by atoms with Crippen LogP contribution >= 0.6 is 15.9 Å². The number of benzene rings is 1. The number of aldehydes is 1. The molecule has 0 aromatic heterocycles. The van der Waals surface area contributed by atoms with Crippen molar-refractivity contribution in [1.29, 1.82) is 0 Å². The number of ether oxygens (including phenoxy) is 1. The molecular formula is C11H8BrF3O3. The second kappa shape index (κ2) is 5.51. The summed E-state index contributed by atoms with van der Waals surface area (Å²) in [6, 6.07) is 3.60. The highest BCUT2D eigenvalue weighted by Crippen LogP contribution is 2.36. The predicted octanol–water partition coefficient (Wildman–Crippen LogP) is 3.42. The first-order valence-electron chi connectivity index (χ1n) is 4.74. The fraction of sp³-hybridized carbons (Fsp3) is 0.273.